The van der Waals surface area contributed by atoms with Crippen molar-refractivity contribution in [3.8, 4) is 6.07 Å². The Kier molecular flexibility index (Phi) is 31.7. The van der Waals surface area contributed by atoms with E-state index in [0.717, 1.165) is 137 Å². The minimum absolute atomic E-state index is 0.00857. The highest BCUT2D eigenvalue weighted by Crippen LogP contribution is 2.70. The fourth-order valence-corrected chi connectivity index (χ4v) is 31.2. The monoisotopic (exact) mass is 2030 g/mol. The van der Waals surface area contributed by atoms with Crippen molar-refractivity contribution in [2.24, 2.45) is 149 Å². The topological polar surface area (TPSA) is 361 Å². The normalized spacial score (nSPS) is 39.4. The summed E-state index contributed by atoms with van der Waals surface area (Å²) in [6.07, 6.45) is 34.1. The Morgan fingerprint density at radius 2 is 0.807 bits per heavy atom. The maximum Gasteiger partial charge on any atom is 0.350 e. The Hall–Kier alpha value is -6.50. The van der Waals surface area contributed by atoms with Crippen molar-refractivity contribution in [3.63, 3.8) is 0 Å². The summed E-state index contributed by atoms with van der Waals surface area (Å²) in [5, 5.41) is 19.3. The summed E-state index contributed by atoms with van der Waals surface area (Å²) in [6, 6.07) is 2.40. The van der Waals surface area contributed by atoms with Gasteiger partial charge in [0.05, 0.1) is 51.3 Å². The van der Waals surface area contributed by atoms with Crippen LogP contribution in [-0.4, -0.2) is 167 Å². The maximum atomic E-state index is 13.8. The molecule has 27 nitrogen and oxygen atoms in total. The highest BCUT2D eigenvalue weighted by Gasteiger charge is 2.79. The smallest absolute Gasteiger partial charge is 0.350 e. The number of carbonyl (C=O) groups is 11. The first-order valence-corrected chi connectivity index (χ1v) is 56.8. The van der Waals surface area contributed by atoms with Gasteiger partial charge in [-0.3, -0.25) is 47.9 Å². The molecule has 19 aliphatic carbocycles. The third kappa shape index (κ3) is 21.8. The summed E-state index contributed by atoms with van der Waals surface area (Å²) in [7, 11) is 1.42. The molecule has 24 rings (SSSR count). The van der Waals surface area contributed by atoms with Crippen molar-refractivity contribution in [1.29, 1.82) is 5.26 Å². The number of ether oxygens (including phenoxy) is 14. The minimum atomic E-state index is -1.22. The Morgan fingerprint density at radius 3 is 1.20 bits per heavy atom. The number of nitriles is 1. The predicted molar refractivity (Wildman–Crippen MR) is 538 cm³/mol. The van der Waals surface area contributed by atoms with Crippen molar-refractivity contribution < 1.29 is 124 Å². The van der Waals surface area contributed by atoms with Crippen molar-refractivity contribution in [2.45, 2.75) is 513 Å². The van der Waals surface area contributed by atoms with Crippen LogP contribution >= 0.6 is 0 Å². The number of methoxy groups -OCH3 is 1. The van der Waals surface area contributed by atoms with Crippen LogP contribution in [0.4, 0.5) is 0 Å². The van der Waals surface area contributed by atoms with Gasteiger partial charge < -0.3 is 71.4 Å². The number of rotatable bonds is 24. The summed E-state index contributed by atoms with van der Waals surface area (Å²) in [4.78, 5) is 139. The first-order valence-electron chi connectivity index (χ1n) is 56.8. The average Bonchev–Trinajstić information content (AvgIpc) is 1.54. The molecular weight excluding hydrogens is 1850 g/mol. The van der Waals surface area contributed by atoms with E-state index < -0.39 is 140 Å². The van der Waals surface area contributed by atoms with E-state index in [1.807, 2.05) is 118 Å². The largest absolute Gasteiger partial charge is 0.469 e. The van der Waals surface area contributed by atoms with Gasteiger partial charge in [-0.2, -0.15) is 5.26 Å². The van der Waals surface area contributed by atoms with Crippen molar-refractivity contribution >= 4 is 65.7 Å². The molecular formula is C118H183NO26. The van der Waals surface area contributed by atoms with Crippen LogP contribution in [0.1, 0.15) is 424 Å². The number of esters is 11. The lowest BCUT2D eigenvalue weighted by Crippen LogP contribution is -2.61. The number of aliphatic hydroxyl groups is 1. The van der Waals surface area contributed by atoms with Gasteiger partial charge in [0.2, 0.25) is 6.10 Å². The molecule has 5 saturated heterocycles. The van der Waals surface area contributed by atoms with Crippen molar-refractivity contribution in [2.75, 3.05) is 7.11 Å². The summed E-state index contributed by atoms with van der Waals surface area (Å²) < 4.78 is 80.3. The van der Waals surface area contributed by atoms with Crippen LogP contribution < -0.4 is 0 Å². The standard InChI is InChI=1S/C28H40O6.C24H36O6.C19H32O2.C16H24O7.C16H26O3.C8H11N.C7H14O2/c1-6-25(2,3)22(29)32-20-18-10-19-21(20)33-23(30)28(19,14-18)24(31)34-26(4,5)27-11-15-7-16(12-27)9-17(8-15)13-27;1-6-22(2,3)19(25)28-17-14-12-16-18(17)29-20(26)24(16,13-14)21(27)30-23(4,5)15-10-8-7-9-11-15;1-6-17(2,3)16(20)21-18(4,5)19-10-13-7-14(11-19)9-15(8-13)12-19;1-6-15(2,3)14(18)21-11-10-8(19-12(11)17)7-9-13(20-10)23-16(4,5)22-9;1-4-14(2,3)13(17)19-16-8-11-5-12(9-16)7-15(18,6-11)10-16;9-5-8-4-6-1-2-7(8)3-6;1-5-7(2,3)6(8)9-4/h15-21H,6-14H2,1-5H3;14-18H,6-13H2,1-5H3;13-15H,6-12H2,1-5H3;8-11,13H,6-7H2,1-5H3;11-12,18H,4-10H2,1-3H3;6-8H,1-4H2;5H2,1-4H3. The van der Waals surface area contributed by atoms with Crippen LogP contribution in [0.3, 0.4) is 0 Å². The molecule has 0 amide bonds. The van der Waals surface area contributed by atoms with Gasteiger partial charge in [-0.1, -0.05) is 67.2 Å². The van der Waals surface area contributed by atoms with Crippen LogP contribution in [0.2, 0.25) is 0 Å². The molecule has 19 saturated carbocycles. The van der Waals surface area contributed by atoms with Crippen molar-refractivity contribution in [1.82, 2.24) is 0 Å². The van der Waals surface area contributed by atoms with Crippen LogP contribution in [0.5, 0.6) is 0 Å². The van der Waals surface area contributed by atoms with Crippen LogP contribution in [0.15, 0.2) is 0 Å². The van der Waals surface area contributed by atoms with Gasteiger partial charge in [0.1, 0.15) is 65.1 Å². The fourth-order valence-electron chi connectivity index (χ4n) is 31.2. The molecule has 0 aromatic heterocycles. The fraction of sp³-hybridized carbons (Fsp3) is 0.898. The van der Waals surface area contributed by atoms with Gasteiger partial charge in [-0.15, -0.1) is 0 Å². The van der Waals surface area contributed by atoms with Gasteiger partial charge in [-0.05, 0) is 409 Å². The van der Waals surface area contributed by atoms with Gasteiger partial charge in [-0.25, -0.2) is 4.79 Å². The molecule has 0 aromatic carbocycles. The second-order valence-corrected chi connectivity index (χ2v) is 55.8. The Labute approximate surface area is 865 Å². The zero-order valence-corrected chi connectivity index (χ0v) is 93.4. The highest BCUT2D eigenvalue weighted by molar-refractivity contribution is 6.04. The Balaban J connectivity index is 0.000000132. The van der Waals surface area contributed by atoms with E-state index in [0.29, 0.717) is 81.5 Å². The molecule has 27 heteroatoms. The van der Waals surface area contributed by atoms with E-state index in [9.17, 15) is 57.8 Å². The Bertz CT molecular complexity index is 4750. The third-order valence-electron chi connectivity index (χ3n) is 41.9. The van der Waals surface area contributed by atoms with E-state index in [1.165, 1.54) is 103 Å². The van der Waals surface area contributed by atoms with Crippen LogP contribution in [-0.2, 0) is 119 Å². The zero-order chi connectivity index (χ0) is 106. The van der Waals surface area contributed by atoms with E-state index in [2.05, 4.69) is 45.4 Å². The van der Waals surface area contributed by atoms with E-state index >= 15 is 0 Å². The lowest BCUT2D eigenvalue weighted by molar-refractivity contribution is -0.230. The first-order chi connectivity index (χ1) is 67.4. The summed E-state index contributed by atoms with van der Waals surface area (Å²) >= 11 is 0. The first kappa shape index (κ1) is 113. The highest BCUT2D eigenvalue weighted by atomic mass is 16.8. The molecule has 145 heavy (non-hydrogen) atoms. The quantitative estimate of drug-likeness (QED) is 0.0533. The molecule has 816 valence electrons. The molecule has 5 heterocycles. The second-order valence-electron chi connectivity index (χ2n) is 55.8. The lowest BCUT2D eigenvalue weighted by Gasteiger charge is -2.61. The number of carbonyl (C=O) groups excluding carboxylic acids is 11. The zero-order valence-electron chi connectivity index (χ0n) is 93.4. The third-order valence-corrected chi connectivity index (χ3v) is 41.9. The number of hydrogen-bond donors (Lipinski definition) is 1. The number of nitrogens with zero attached hydrogens (tertiary/aromatic N) is 1. The van der Waals surface area contributed by atoms with Crippen molar-refractivity contribution in [3.05, 3.63) is 0 Å². The van der Waals surface area contributed by atoms with Crippen LogP contribution in [0, 0.1) is 160 Å². The molecule has 20 unspecified atom stereocenters. The average molecular weight is 2030 g/mol. The SMILES string of the molecule is CCC(C)(C)C(=O)OC.CCC(C)(C)C(=O)OC(C)(C)C12CC3CC(CC(C3)C1)C2.CCC(C)(C)C(=O)OC12CC3CC(CC(O)(C3)C1)C2.CCC(C)(C)C(=O)OC1C(=O)OC2CC3OC(C)(C)OC3OC21.CCC(C)(C)C(=O)OC1C2CC3C1OC(=O)C3(C(=O)OC(C)(C)C13CC4CC(CC(C4)C1)C3)C2.CCC(C)(C)C(=O)OC1C2CC3C1OC(=O)C3(C(=O)OC(C)(C)C1CCCCC1)C2.N#CC1CC2CCC1C2. The van der Waals surface area contributed by atoms with Gasteiger partial charge in [0, 0.05) is 53.3 Å². The molecule has 0 spiro atoms. The summed E-state index contributed by atoms with van der Waals surface area (Å²) in [5.74, 6) is 3.70. The molecule has 1 N–H and O–H groups in total. The van der Waals surface area contributed by atoms with E-state index in [1.54, 1.807) is 27.7 Å². The Morgan fingerprint density at radius 1 is 0.400 bits per heavy atom. The summed E-state index contributed by atoms with van der Waals surface area (Å²) in [5.41, 5.74) is -7.50. The van der Waals surface area contributed by atoms with Gasteiger partial charge >= 0.3 is 65.7 Å². The molecule has 0 aromatic rings. The molecule has 24 aliphatic rings. The molecule has 24 fully saturated rings. The molecule has 5 aliphatic heterocycles. The lowest BCUT2D eigenvalue weighted by atomic mass is 9.46. The van der Waals surface area contributed by atoms with E-state index in [4.69, 9.17) is 66.8 Å². The predicted octanol–water partition coefficient (Wildman–Crippen LogP) is 22.1. The number of fused-ring (bicyclic) bond motifs is 6. The summed E-state index contributed by atoms with van der Waals surface area (Å²) in [6.45, 7) is 50.6. The minimum Gasteiger partial charge on any atom is -0.469 e. The van der Waals surface area contributed by atoms with Gasteiger partial charge in [0.15, 0.2) is 22.9 Å². The molecule has 20 atom stereocenters. The number of hydrogen-bond acceptors (Lipinski definition) is 27. The van der Waals surface area contributed by atoms with Crippen LogP contribution in [0.25, 0.3) is 0 Å². The molecule has 0 radical (unpaired) electrons. The molecule has 18 bridgehead atoms. The second kappa shape index (κ2) is 40.8. The van der Waals surface area contributed by atoms with Gasteiger partial charge in [0.25, 0.3) is 0 Å². The maximum absolute atomic E-state index is 13.8. The van der Waals surface area contributed by atoms with E-state index in [-0.39, 0.29) is 92.5 Å².